The van der Waals surface area contributed by atoms with Crippen LogP contribution in [0.5, 0.6) is 0 Å². The fourth-order valence-electron chi connectivity index (χ4n) is 4.76. The van der Waals surface area contributed by atoms with Crippen LogP contribution in [0.25, 0.3) is 0 Å². The van der Waals surface area contributed by atoms with Crippen LogP contribution < -0.4 is 11.1 Å². The number of anilines is 1. The molecule has 8 heteroatoms. The maximum Gasteiger partial charge on any atom is 0.253 e. The molecule has 1 fully saturated rings. The second kappa shape index (κ2) is 16.0. The Balaban J connectivity index is 1.47. The van der Waals surface area contributed by atoms with Gasteiger partial charge in [0.05, 0.1) is 6.61 Å². The van der Waals surface area contributed by atoms with E-state index in [1.54, 1.807) is 25.5 Å². The predicted molar refractivity (Wildman–Crippen MR) is 157 cm³/mol. The number of carbonyl (C=O) groups is 2. The van der Waals surface area contributed by atoms with Gasteiger partial charge >= 0.3 is 0 Å². The van der Waals surface area contributed by atoms with Gasteiger partial charge in [-0.25, -0.2) is 0 Å². The number of aryl methyl sites for hydroxylation is 1. The smallest absolute Gasteiger partial charge is 0.253 e. The molecule has 0 radical (unpaired) electrons. The molecule has 3 N–H and O–H groups in total. The van der Waals surface area contributed by atoms with E-state index in [4.69, 9.17) is 15.2 Å². The molecular weight excluding hydrogens is 492 g/mol. The second-order valence-electron chi connectivity index (χ2n) is 10.1. The molecule has 2 aromatic carbocycles. The van der Waals surface area contributed by atoms with E-state index in [-0.39, 0.29) is 11.8 Å². The van der Waals surface area contributed by atoms with Gasteiger partial charge in [-0.3, -0.25) is 14.6 Å². The van der Waals surface area contributed by atoms with Crippen LogP contribution in [0.3, 0.4) is 0 Å². The number of nitrogens with zero attached hydrogens (tertiary/aromatic N) is 2. The van der Waals surface area contributed by atoms with Crippen molar-refractivity contribution in [3.8, 4) is 0 Å². The number of amides is 2. The minimum Gasteiger partial charge on any atom is -0.398 e. The minimum atomic E-state index is -0.150. The molecule has 1 aliphatic heterocycles. The highest BCUT2D eigenvalue weighted by Crippen LogP contribution is 2.22. The lowest BCUT2D eigenvalue weighted by atomic mass is 9.96. The quantitative estimate of drug-likeness (QED) is 0.213. The zero-order chi connectivity index (χ0) is 28.0. The highest BCUT2D eigenvalue weighted by Gasteiger charge is 2.23. The molecule has 3 rings (SSSR count). The zero-order valence-corrected chi connectivity index (χ0v) is 23.7. The Hall–Kier alpha value is -3.23. The molecule has 0 unspecified atom stereocenters. The number of aliphatic imine (C=N–C) groups is 1. The topological polar surface area (TPSA) is 106 Å². The van der Waals surface area contributed by atoms with Crippen LogP contribution in [0.15, 0.2) is 41.4 Å². The molecular formula is C31H44N4O4. The molecule has 8 nitrogen and oxygen atoms in total. The Bertz CT molecular complexity index is 1090. The number of nitrogens with one attached hydrogen (secondary N) is 1. The van der Waals surface area contributed by atoms with E-state index in [9.17, 15) is 9.59 Å². The van der Waals surface area contributed by atoms with Crippen LogP contribution in [0.1, 0.15) is 70.0 Å². The molecule has 0 aromatic heterocycles. The monoisotopic (exact) mass is 536 g/mol. The third kappa shape index (κ3) is 9.18. The van der Waals surface area contributed by atoms with Crippen molar-refractivity contribution in [1.82, 2.24) is 10.2 Å². The van der Waals surface area contributed by atoms with Crippen molar-refractivity contribution < 1.29 is 19.1 Å². The third-order valence-corrected chi connectivity index (χ3v) is 7.17. The van der Waals surface area contributed by atoms with E-state index < -0.39 is 0 Å². The molecule has 1 aliphatic rings. The first-order valence-corrected chi connectivity index (χ1v) is 14.1. The number of piperidine rings is 1. The highest BCUT2D eigenvalue weighted by molar-refractivity contribution is 6.00. The first-order valence-electron chi connectivity index (χ1n) is 14.1. The first kappa shape index (κ1) is 30.3. The average Bonchev–Trinajstić information content (AvgIpc) is 2.95. The maximum atomic E-state index is 13.0. The second-order valence-corrected chi connectivity index (χ2v) is 10.1. The zero-order valence-electron chi connectivity index (χ0n) is 23.7. The van der Waals surface area contributed by atoms with Gasteiger partial charge < -0.3 is 25.4 Å². The number of benzene rings is 2. The summed E-state index contributed by atoms with van der Waals surface area (Å²) in [4.78, 5) is 32.1. The fraction of sp³-hybridized carbons (Fsp3) is 0.516. The summed E-state index contributed by atoms with van der Waals surface area (Å²) < 4.78 is 10.5. The van der Waals surface area contributed by atoms with Gasteiger partial charge in [0, 0.05) is 75.1 Å². The molecule has 0 bridgehead atoms. The number of nitrogens with two attached hydrogens (primary N) is 1. The first-order chi connectivity index (χ1) is 18.9. The molecule has 0 aliphatic carbocycles. The number of methoxy groups -OCH3 is 1. The van der Waals surface area contributed by atoms with Crippen LogP contribution >= 0.6 is 0 Å². The van der Waals surface area contributed by atoms with E-state index in [2.05, 4.69) is 29.4 Å². The summed E-state index contributed by atoms with van der Waals surface area (Å²) in [6, 6.07) is 11.5. The number of hydrogen-bond acceptors (Lipinski definition) is 6. The van der Waals surface area contributed by atoms with Gasteiger partial charge in [-0.05, 0) is 80.3 Å². The van der Waals surface area contributed by atoms with E-state index in [1.165, 1.54) is 5.56 Å². The van der Waals surface area contributed by atoms with Crippen molar-refractivity contribution in [2.24, 2.45) is 10.9 Å². The van der Waals surface area contributed by atoms with Gasteiger partial charge in [-0.2, -0.15) is 0 Å². The van der Waals surface area contributed by atoms with Gasteiger partial charge in [-0.15, -0.1) is 0 Å². The summed E-state index contributed by atoms with van der Waals surface area (Å²) in [6.45, 7) is 8.63. The maximum absolute atomic E-state index is 13.0. The third-order valence-electron chi connectivity index (χ3n) is 7.17. The van der Waals surface area contributed by atoms with Crippen molar-refractivity contribution >= 4 is 23.7 Å². The fourth-order valence-corrected chi connectivity index (χ4v) is 4.76. The van der Waals surface area contributed by atoms with Gasteiger partial charge in [0.1, 0.15) is 0 Å². The summed E-state index contributed by atoms with van der Waals surface area (Å²) >= 11 is 0. The normalized spacial score (nSPS) is 14.2. The van der Waals surface area contributed by atoms with E-state index in [1.807, 2.05) is 24.0 Å². The van der Waals surface area contributed by atoms with E-state index in [0.717, 1.165) is 75.1 Å². The average molecular weight is 537 g/mol. The number of rotatable bonds is 14. The Morgan fingerprint density at radius 3 is 2.54 bits per heavy atom. The largest absolute Gasteiger partial charge is 0.398 e. The van der Waals surface area contributed by atoms with E-state index >= 15 is 0 Å². The van der Waals surface area contributed by atoms with Crippen LogP contribution in [0.4, 0.5) is 5.69 Å². The molecule has 1 heterocycles. The standard InChI is InChI=1S/C31H44N4O4/c1-4-18-39-19-5-6-24-7-9-26(10-8-24)31(37)35-16-13-25(14-17-35)21-33-22-28-23(2)27(11-12-29(28)32)30(36)34-15-20-38-3/h7-12,22,25H,4-6,13-21,32H2,1-3H3,(H,34,36). The van der Waals surface area contributed by atoms with Crippen molar-refractivity contribution in [2.75, 3.05) is 58.8 Å². The van der Waals surface area contributed by atoms with Crippen LogP contribution in [0, 0.1) is 12.8 Å². The highest BCUT2D eigenvalue weighted by atomic mass is 16.5. The Morgan fingerprint density at radius 1 is 1.10 bits per heavy atom. The van der Waals surface area contributed by atoms with Crippen molar-refractivity contribution in [3.63, 3.8) is 0 Å². The molecule has 0 saturated carbocycles. The number of nitrogen functional groups attached to an aromatic ring is 1. The SMILES string of the molecule is CCCOCCCc1ccc(C(=O)N2CCC(CN=Cc3c(N)ccc(C(=O)NCCOC)c3C)CC2)cc1. The molecule has 2 aromatic rings. The Morgan fingerprint density at radius 2 is 1.85 bits per heavy atom. The van der Waals surface area contributed by atoms with Gasteiger partial charge in [-0.1, -0.05) is 19.1 Å². The van der Waals surface area contributed by atoms with Crippen molar-refractivity contribution in [2.45, 2.75) is 46.0 Å². The summed E-state index contributed by atoms with van der Waals surface area (Å²) in [6.07, 6.45) is 6.60. The van der Waals surface area contributed by atoms with Gasteiger partial charge in [0.2, 0.25) is 0 Å². The summed E-state index contributed by atoms with van der Waals surface area (Å²) in [5, 5.41) is 2.85. The summed E-state index contributed by atoms with van der Waals surface area (Å²) in [5.74, 6) is 0.353. The van der Waals surface area contributed by atoms with E-state index in [0.29, 0.717) is 36.9 Å². The summed E-state index contributed by atoms with van der Waals surface area (Å²) in [7, 11) is 1.60. The Labute approximate surface area is 233 Å². The number of likely N-dealkylation sites (tertiary alicyclic amines) is 1. The lowest BCUT2D eigenvalue weighted by molar-refractivity contribution is 0.0693. The van der Waals surface area contributed by atoms with Crippen LogP contribution in [-0.2, 0) is 15.9 Å². The molecule has 2 amide bonds. The predicted octanol–water partition coefficient (Wildman–Crippen LogP) is 4.28. The molecule has 212 valence electrons. The summed E-state index contributed by atoms with van der Waals surface area (Å²) in [5.41, 5.74) is 10.9. The number of carbonyl (C=O) groups excluding carboxylic acids is 2. The van der Waals surface area contributed by atoms with Gasteiger partial charge in [0.15, 0.2) is 0 Å². The van der Waals surface area contributed by atoms with Crippen molar-refractivity contribution in [3.05, 3.63) is 64.2 Å². The van der Waals surface area contributed by atoms with Crippen molar-refractivity contribution in [1.29, 1.82) is 0 Å². The molecule has 1 saturated heterocycles. The molecule has 0 atom stereocenters. The number of hydrogen-bond donors (Lipinski definition) is 2. The van der Waals surface area contributed by atoms with Crippen LogP contribution in [0.2, 0.25) is 0 Å². The number of ether oxygens (including phenoxy) is 2. The van der Waals surface area contributed by atoms with Gasteiger partial charge in [0.25, 0.3) is 11.8 Å². The Kier molecular flexibility index (Phi) is 12.4. The minimum absolute atomic E-state index is 0.0961. The van der Waals surface area contributed by atoms with Crippen LogP contribution in [-0.4, -0.2) is 76.0 Å². The molecule has 39 heavy (non-hydrogen) atoms. The lowest BCUT2D eigenvalue weighted by Crippen LogP contribution is -2.39. The lowest BCUT2D eigenvalue weighted by Gasteiger charge is -2.31. The molecule has 0 spiro atoms.